The average molecular weight is 524 g/mol. The molecule has 0 bridgehead atoms. The van der Waals surface area contributed by atoms with Crippen molar-refractivity contribution in [3.8, 4) is 0 Å². The van der Waals surface area contributed by atoms with Crippen molar-refractivity contribution in [2.45, 2.75) is 48.8 Å². The lowest BCUT2D eigenvalue weighted by Gasteiger charge is -2.39. The predicted molar refractivity (Wildman–Crippen MR) is 128 cm³/mol. The second-order valence-corrected chi connectivity index (χ2v) is 8.86. The van der Waals surface area contributed by atoms with Crippen LogP contribution in [0.4, 0.5) is 0 Å². The summed E-state index contributed by atoms with van der Waals surface area (Å²) in [5.74, 6) is 0.898. The van der Waals surface area contributed by atoms with Gasteiger partial charge in [-0.3, -0.25) is 4.99 Å². The summed E-state index contributed by atoms with van der Waals surface area (Å²) < 4.78 is 5.63. The molecule has 0 amide bonds. The van der Waals surface area contributed by atoms with Gasteiger partial charge in [0.2, 0.25) is 0 Å². The maximum absolute atomic E-state index is 6.55. The summed E-state index contributed by atoms with van der Waals surface area (Å²) in [7, 11) is 1.85. The van der Waals surface area contributed by atoms with E-state index in [1.807, 2.05) is 30.9 Å². The lowest BCUT2D eigenvalue weighted by atomic mass is 9.74. The van der Waals surface area contributed by atoms with Crippen LogP contribution in [-0.4, -0.2) is 50.3 Å². The van der Waals surface area contributed by atoms with Crippen LogP contribution in [0.2, 0.25) is 5.02 Å². The van der Waals surface area contributed by atoms with Crippen molar-refractivity contribution in [2.24, 2.45) is 4.99 Å². The minimum atomic E-state index is -0.00824. The normalized spacial score (nSPS) is 24.9. The van der Waals surface area contributed by atoms with Crippen LogP contribution in [-0.2, 0) is 10.2 Å². The fourth-order valence-electron chi connectivity index (χ4n) is 4.12. The van der Waals surface area contributed by atoms with Crippen molar-refractivity contribution < 1.29 is 4.74 Å². The van der Waals surface area contributed by atoms with Crippen molar-refractivity contribution >= 4 is 53.3 Å². The number of aliphatic imine (C=N–C) groups is 1. The Kier molecular flexibility index (Phi) is 9.52. The third-order valence-corrected chi connectivity index (χ3v) is 7.20. The summed E-state index contributed by atoms with van der Waals surface area (Å²) in [6.45, 7) is 2.37. The first-order valence-corrected chi connectivity index (χ1v) is 11.2. The average Bonchev–Trinajstić information content (AvgIpc) is 3.14. The van der Waals surface area contributed by atoms with E-state index in [1.54, 1.807) is 0 Å². The molecule has 7 heteroatoms. The molecule has 0 spiro atoms. The fourth-order valence-corrected chi connectivity index (χ4v) is 5.25. The van der Waals surface area contributed by atoms with E-state index in [1.165, 1.54) is 24.8 Å². The molecule has 27 heavy (non-hydrogen) atoms. The van der Waals surface area contributed by atoms with E-state index in [9.17, 15) is 0 Å². The number of nitrogens with one attached hydrogen (secondary N) is 2. The lowest BCUT2D eigenvalue weighted by molar-refractivity contribution is 0.0514. The Labute approximate surface area is 189 Å². The van der Waals surface area contributed by atoms with Gasteiger partial charge < -0.3 is 15.4 Å². The van der Waals surface area contributed by atoms with Gasteiger partial charge in [-0.2, -0.15) is 11.8 Å². The van der Waals surface area contributed by atoms with E-state index in [4.69, 9.17) is 16.3 Å². The zero-order valence-corrected chi connectivity index (χ0v) is 20.1. The highest BCUT2D eigenvalue weighted by Gasteiger charge is 2.36. The number of thioether (sulfide) groups is 1. The molecule has 1 aliphatic heterocycles. The first-order chi connectivity index (χ1) is 12.7. The largest absolute Gasteiger partial charge is 0.381 e. The SMILES string of the molecule is CN=C(NCC1(c2ccccc2Cl)CCOCC1)NC1CCC(SC)C1.I. The first kappa shape index (κ1) is 23.1. The second-order valence-electron chi connectivity index (χ2n) is 7.31. The molecule has 1 aromatic carbocycles. The van der Waals surface area contributed by atoms with Crippen LogP contribution in [0.25, 0.3) is 0 Å². The van der Waals surface area contributed by atoms with Crippen molar-refractivity contribution in [2.75, 3.05) is 33.1 Å². The molecule has 2 atom stereocenters. The smallest absolute Gasteiger partial charge is 0.191 e. The molecule has 1 aliphatic carbocycles. The highest BCUT2D eigenvalue weighted by molar-refractivity contribution is 14.0. The summed E-state index contributed by atoms with van der Waals surface area (Å²) in [6, 6.07) is 8.74. The number of guanidine groups is 1. The number of benzene rings is 1. The number of halogens is 2. The fraction of sp³-hybridized carbons (Fsp3) is 0.650. The van der Waals surface area contributed by atoms with Crippen LogP contribution in [0.3, 0.4) is 0 Å². The van der Waals surface area contributed by atoms with Crippen molar-refractivity contribution in [3.63, 3.8) is 0 Å². The van der Waals surface area contributed by atoms with E-state index < -0.39 is 0 Å². The Morgan fingerprint density at radius 2 is 2.04 bits per heavy atom. The van der Waals surface area contributed by atoms with E-state index in [-0.39, 0.29) is 29.4 Å². The van der Waals surface area contributed by atoms with Crippen molar-refractivity contribution in [1.29, 1.82) is 0 Å². The molecule has 0 aromatic heterocycles. The molecule has 0 radical (unpaired) electrons. The summed E-state index contributed by atoms with van der Waals surface area (Å²) in [6.07, 6.45) is 7.87. The minimum Gasteiger partial charge on any atom is -0.381 e. The Balaban J connectivity index is 0.00000261. The molecule has 2 aliphatic rings. The molecule has 4 nitrogen and oxygen atoms in total. The van der Waals surface area contributed by atoms with Crippen LogP contribution in [0, 0.1) is 0 Å². The molecule has 3 rings (SSSR count). The number of ether oxygens (including phenoxy) is 1. The second kappa shape index (κ2) is 11.1. The highest BCUT2D eigenvalue weighted by atomic mass is 127. The Morgan fingerprint density at radius 1 is 1.30 bits per heavy atom. The monoisotopic (exact) mass is 523 g/mol. The maximum atomic E-state index is 6.55. The van der Waals surface area contributed by atoms with Crippen LogP contribution >= 0.6 is 47.3 Å². The van der Waals surface area contributed by atoms with E-state index in [0.717, 1.165) is 48.8 Å². The number of nitrogens with zero attached hydrogens (tertiary/aromatic N) is 1. The summed E-state index contributed by atoms with van der Waals surface area (Å²) in [5.41, 5.74) is 1.21. The molecule has 152 valence electrons. The van der Waals surface area contributed by atoms with Crippen LogP contribution in [0.1, 0.15) is 37.7 Å². The predicted octanol–water partition coefficient (Wildman–Crippen LogP) is 4.46. The Hall–Kier alpha value is -0.180. The summed E-state index contributed by atoms with van der Waals surface area (Å²) in [5, 5.41) is 8.82. The first-order valence-electron chi connectivity index (χ1n) is 9.49. The molecular weight excluding hydrogens is 493 g/mol. The van der Waals surface area contributed by atoms with Gasteiger partial charge in [-0.05, 0) is 50.0 Å². The Bertz CT molecular complexity index is 625. The minimum absolute atomic E-state index is 0. The van der Waals surface area contributed by atoms with Gasteiger partial charge in [-0.25, -0.2) is 0 Å². The molecule has 2 unspecified atom stereocenters. The lowest BCUT2D eigenvalue weighted by Crippen LogP contribution is -2.50. The van der Waals surface area contributed by atoms with Gasteiger partial charge in [0.15, 0.2) is 5.96 Å². The van der Waals surface area contributed by atoms with Crippen molar-refractivity contribution in [1.82, 2.24) is 10.6 Å². The van der Waals surface area contributed by atoms with Gasteiger partial charge >= 0.3 is 0 Å². The molecular formula is C20H31ClIN3OS. The van der Waals surface area contributed by atoms with Gasteiger partial charge in [0.25, 0.3) is 0 Å². The topological polar surface area (TPSA) is 45.7 Å². The third kappa shape index (κ3) is 5.90. The highest BCUT2D eigenvalue weighted by Crippen LogP contribution is 2.38. The number of rotatable bonds is 5. The molecule has 1 saturated carbocycles. The van der Waals surface area contributed by atoms with Gasteiger partial charge in [0, 0.05) is 48.5 Å². The van der Waals surface area contributed by atoms with Crippen LogP contribution in [0.5, 0.6) is 0 Å². The van der Waals surface area contributed by atoms with E-state index in [0.29, 0.717) is 6.04 Å². The quantitative estimate of drug-likeness (QED) is 0.340. The van der Waals surface area contributed by atoms with Crippen molar-refractivity contribution in [3.05, 3.63) is 34.9 Å². The van der Waals surface area contributed by atoms with E-state index >= 15 is 0 Å². The molecule has 1 aromatic rings. The van der Waals surface area contributed by atoms with Crippen LogP contribution in [0.15, 0.2) is 29.3 Å². The summed E-state index contributed by atoms with van der Waals surface area (Å²) >= 11 is 8.53. The van der Waals surface area contributed by atoms with Gasteiger partial charge in [-0.15, -0.1) is 24.0 Å². The standard InChI is InChI=1S/C20H30ClN3OS.HI/c1-22-19(24-15-7-8-16(13-15)26-2)23-14-20(9-11-25-12-10-20)17-5-3-4-6-18(17)21;/h3-6,15-16H,7-14H2,1-2H3,(H2,22,23,24);1H. The van der Waals surface area contributed by atoms with Gasteiger partial charge in [0.1, 0.15) is 0 Å². The zero-order chi connectivity index (χ0) is 18.4. The maximum Gasteiger partial charge on any atom is 0.191 e. The molecule has 1 saturated heterocycles. The van der Waals surface area contributed by atoms with Gasteiger partial charge in [-0.1, -0.05) is 29.8 Å². The number of hydrogen-bond donors (Lipinski definition) is 2. The molecule has 2 N–H and O–H groups in total. The zero-order valence-electron chi connectivity index (χ0n) is 16.2. The van der Waals surface area contributed by atoms with Crippen LogP contribution < -0.4 is 10.6 Å². The summed E-state index contributed by atoms with van der Waals surface area (Å²) in [4.78, 5) is 4.46. The van der Waals surface area contributed by atoms with Gasteiger partial charge in [0.05, 0.1) is 0 Å². The van der Waals surface area contributed by atoms with E-state index in [2.05, 4.69) is 34.0 Å². The Morgan fingerprint density at radius 3 is 2.67 bits per heavy atom. The number of hydrogen-bond acceptors (Lipinski definition) is 3. The molecule has 1 heterocycles. The molecule has 2 fully saturated rings. The third-order valence-electron chi connectivity index (χ3n) is 5.77.